The summed E-state index contributed by atoms with van der Waals surface area (Å²) in [5.41, 5.74) is 7.38. The van der Waals surface area contributed by atoms with Crippen molar-refractivity contribution in [2.45, 2.75) is 37.8 Å². The first-order valence-corrected chi connectivity index (χ1v) is 11.9. The monoisotopic (exact) mass is 487 g/mol. The van der Waals surface area contributed by atoms with Crippen molar-refractivity contribution in [3.8, 4) is 11.8 Å². The Hall–Kier alpha value is -4.32. The Bertz CT molecular complexity index is 1310. The molecule has 2 heterocycles. The van der Waals surface area contributed by atoms with Crippen molar-refractivity contribution in [1.29, 1.82) is 5.26 Å². The smallest absolute Gasteiger partial charge is 0.265 e. The first-order valence-electron chi connectivity index (χ1n) is 11.9. The van der Waals surface area contributed by atoms with E-state index >= 15 is 0 Å². The molecule has 36 heavy (non-hydrogen) atoms. The van der Waals surface area contributed by atoms with Gasteiger partial charge in [-0.05, 0) is 43.0 Å². The second-order valence-electron chi connectivity index (χ2n) is 8.92. The summed E-state index contributed by atoms with van der Waals surface area (Å²) in [5.74, 6) is -1.02. The Balaban J connectivity index is 1.73. The maximum atomic E-state index is 13.7. The largest absolute Gasteiger partial charge is 0.496 e. The number of rotatable bonds is 9. The molecular weight excluding hydrogens is 458 g/mol. The number of ether oxygens (including phenoxy) is 1. The van der Waals surface area contributed by atoms with Gasteiger partial charge in [-0.15, -0.1) is 0 Å². The second-order valence-corrected chi connectivity index (χ2v) is 8.92. The molecule has 2 aromatic carbocycles. The lowest BCUT2D eigenvalue weighted by Crippen LogP contribution is -2.44. The Morgan fingerprint density at radius 1 is 1.25 bits per heavy atom. The van der Waals surface area contributed by atoms with E-state index in [-0.39, 0.29) is 30.4 Å². The molecule has 3 amide bonds. The van der Waals surface area contributed by atoms with Crippen molar-refractivity contribution in [2.75, 3.05) is 13.7 Å². The van der Waals surface area contributed by atoms with Gasteiger partial charge in [-0.1, -0.05) is 36.4 Å². The zero-order valence-corrected chi connectivity index (χ0v) is 20.1. The number of aromatic nitrogens is 1. The first kappa shape index (κ1) is 24.8. The molecule has 9 heteroatoms. The van der Waals surface area contributed by atoms with Gasteiger partial charge in [-0.25, -0.2) is 0 Å². The number of carbonyl (C=O) groups excluding carboxylic acids is 3. The lowest BCUT2D eigenvalue weighted by Gasteiger charge is -2.26. The molecule has 3 aromatic rings. The van der Waals surface area contributed by atoms with E-state index in [1.165, 1.54) is 7.11 Å². The van der Waals surface area contributed by atoms with Crippen LogP contribution in [0.4, 0.5) is 0 Å². The highest BCUT2D eigenvalue weighted by atomic mass is 16.5. The lowest BCUT2D eigenvalue weighted by molar-refractivity contribution is -0.128. The number of amides is 3. The SMILES string of the molecule is COc1cccc2c1cc(C(N)=O)n2[C@@H](Cc1ccccc1)C(=O)N[C@H](C#N)C[C@@H]1CCCNC1=O. The summed E-state index contributed by atoms with van der Waals surface area (Å²) in [6, 6.07) is 16.8. The molecule has 0 saturated carbocycles. The summed E-state index contributed by atoms with van der Waals surface area (Å²) in [5, 5.41) is 16.1. The number of hydrogen-bond donors (Lipinski definition) is 3. The second kappa shape index (κ2) is 11.0. The molecule has 4 N–H and O–H groups in total. The summed E-state index contributed by atoms with van der Waals surface area (Å²) < 4.78 is 7.08. The first-order chi connectivity index (χ1) is 17.4. The van der Waals surface area contributed by atoms with Crippen molar-refractivity contribution in [3.63, 3.8) is 0 Å². The van der Waals surface area contributed by atoms with Gasteiger partial charge in [0.05, 0.1) is 18.7 Å². The highest BCUT2D eigenvalue weighted by Crippen LogP contribution is 2.32. The topological polar surface area (TPSA) is 139 Å². The maximum absolute atomic E-state index is 13.7. The van der Waals surface area contributed by atoms with E-state index in [1.807, 2.05) is 30.3 Å². The third-order valence-electron chi connectivity index (χ3n) is 6.59. The molecule has 1 fully saturated rings. The molecule has 4 rings (SSSR count). The van der Waals surface area contributed by atoms with E-state index in [4.69, 9.17) is 10.5 Å². The average Bonchev–Trinajstić information content (AvgIpc) is 3.28. The Labute approximate surface area is 209 Å². The van der Waals surface area contributed by atoms with Crippen molar-refractivity contribution >= 4 is 28.6 Å². The van der Waals surface area contributed by atoms with Gasteiger partial charge in [-0.2, -0.15) is 5.26 Å². The number of methoxy groups -OCH3 is 1. The standard InChI is InChI=1S/C27H29N5O4/c1-36-24-11-5-10-21-20(24)15-22(25(29)33)32(21)23(13-17-7-3-2-4-8-17)27(35)31-19(16-28)14-18-9-6-12-30-26(18)34/h2-5,7-8,10-11,15,18-19,23H,6,9,12-14H2,1H3,(H2,29,33)(H,30,34)(H,31,35)/t18-,19-,23-/m0/s1. The number of carbonyl (C=O) groups is 3. The van der Waals surface area contributed by atoms with Gasteiger partial charge in [0.1, 0.15) is 23.5 Å². The number of nitriles is 1. The fraction of sp³-hybridized carbons (Fsp3) is 0.333. The molecule has 186 valence electrons. The van der Waals surface area contributed by atoms with Crippen molar-refractivity contribution in [2.24, 2.45) is 11.7 Å². The summed E-state index contributed by atoms with van der Waals surface area (Å²) >= 11 is 0. The van der Waals surface area contributed by atoms with E-state index < -0.39 is 23.9 Å². The van der Waals surface area contributed by atoms with E-state index in [0.29, 0.717) is 29.6 Å². The molecule has 9 nitrogen and oxygen atoms in total. The number of benzene rings is 2. The number of nitrogens with zero attached hydrogens (tertiary/aromatic N) is 2. The van der Waals surface area contributed by atoms with E-state index in [0.717, 1.165) is 12.0 Å². The van der Waals surface area contributed by atoms with Crippen molar-refractivity contribution in [3.05, 3.63) is 65.9 Å². The molecule has 0 bridgehead atoms. The third-order valence-corrected chi connectivity index (χ3v) is 6.59. The van der Waals surface area contributed by atoms with Crippen LogP contribution in [0.2, 0.25) is 0 Å². The molecule has 1 aliphatic rings. The van der Waals surface area contributed by atoms with Crippen LogP contribution < -0.4 is 21.1 Å². The summed E-state index contributed by atoms with van der Waals surface area (Å²) in [4.78, 5) is 38.4. The van der Waals surface area contributed by atoms with Gasteiger partial charge in [-0.3, -0.25) is 14.4 Å². The third kappa shape index (κ3) is 5.18. The molecule has 1 aromatic heterocycles. The van der Waals surface area contributed by atoms with E-state index in [1.54, 1.807) is 28.8 Å². The number of nitrogens with two attached hydrogens (primary N) is 1. The van der Waals surface area contributed by atoms with Crippen LogP contribution >= 0.6 is 0 Å². The normalized spacial score (nSPS) is 17.0. The lowest BCUT2D eigenvalue weighted by atomic mass is 9.92. The molecule has 1 saturated heterocycles. The maximum Gasteiger partial charge on any atom is 0.265 e. The van der Waals surface area contributed by atoms with Gasteiger partial charge in [0, 0.05) is 24.3 Å². The van der Waals surface area contributed by atoms with Gasteiger partial charge < -0.3 is 25.7 Å². The number of primary amides is 1. The van der Waals surface area contributed by atoms with Crippen LogP contribution in [0.5, 0.6) is 5.75 Å². The van der Waals surface area contributed by atoms with Gasteiger partial charge >= 0.3 is 0 Å². The number of fused-ring (bicyclic) bond motifs is 1. The predicted octanol–water partition coefficient (Wildman–Crippen LogP) is 2.46. The van der Waals surface area contributed by atoms with Crippen molar-refractivity contribution in [1.82, 2.24) is 15.2 Å². The zero-order chi connectivity index (χ0) is 25.7. The summed E-state index contributed by atoms with van der Waals surface area (Å²) in [7, 11) is 1.53. The van der Waals surface area contributed by atoms with Crippen LogP contribution in [0.25, 0.3) is 10.9 Å². The highest BCUT2D eigenvalue weighted by Gasteiger charge is 2.31. The number of hydrogen-bond acceptors (Lipinski definition) is 5. The minimum atomic E-state index is -0.879. The molecule has 0 unspecified atom stereocenters. The Morgan fingerprint density at radius 3 is 2.69 bits per heavy atom. The fourth-order valence-electron chi connectivity index (χ4n) is 4.82. The van der Waals surface area contributed by atoms with Gasteiger partial charge in [0.25, 0.3) is 5.91 Å². The quantitative estimate of drug-likeness (QED) is 0.425. The van der Waals surface area contributed by atoms with Crippen molar-refractivity contribution < 1.29 is 19.1 Å². The summed E-state index contributed by atoms with van der Waals surface area (Å²) in [6.07, 6.45) is 1.98. The predicted molar refractivity (Wildman–Crippen MR) is 134 cm³/mol. The van der Waals surface area contributed by atoms with Crippen LogP contribution in [0.3, 0.4) is 0 Å². The Morgan fingerprint density at radius 2 is 2.03 bits per heavy atom. The molecule has 3 atom stereocenters. The minimum Gasteiger partial charge on any atom is -0.496 e. The fourth-order valence-corrected chi connectivity index (χ4v) is 4.82. The van der Waals surface area contributed by atoms with Crippen LogP contribution in [0, 0.1) is 17.2 Å². The van der Waals surface area contributed by atoms with Crippen LogP contribution in [0.15, 0.2) is 54.6 Å². The highest BCUT2D eigenvalue weighted by molar-refractivity contribution is 6.01. The molecule has 1 aliphatic heterocycles. The minimum absolute atomic E-state index is 0.101. The number of piperidine rings is 1. The zero-order valence-electron chi connectivity index (χ0n) is 20.1. The van der Waals surface area contributed by atoms with Crippen LogP contribution in [0.1, 0.15) is 41.4 Å². The number of nitrogens with one attached hydrogen (secondary N) is 2. The molecule has 0 radical (unpaired) electrons. The van der Waals surface area contributed by atoms with E-state index in [2.05, 4.69) is 16.7 Å². The van der Waals surface area contributed by atoms with Gasteiger partial charge in [0.2, 0.25) is 11.8 Å². The summed E-state index contributed by atoms with van der Waals surface area (Å²) in [6.45, 7) is 0.623. The Kier molecular flexibility index (Phi) is 7.54. The van der Waals surface area contributed by atoms with E-state index in [9.17, 15) is 19.6 Å². The van der Waals surface area contributed by atoms with Gasteiger partial charge in [0.15, 0.2) is 0 Å². The average molecular weight is 488 g/mol. The van der Waals surface area contributed by atoms with Crippen LogP contribution in [-0.2, 0) is 16.0 Å². The molecule has 0 spiro atoms. The molecular formula is C27H29N5O4. The van der Waals surface area contributed by atoms with Crippen LogP contribution in [-0.4, -0.2) is 42.0 Å². The molecule has 0 aliphatic carbocycles.